The van der Waals surface area contributed by atoms with E-state index in [9.17, 15) is 9.13 Å². The lowest BCUT2D eigenvalue weighted by Crippen LogP contribution is -2.49. The molecule has 4 atom stereocenters. The molecule has 0 radical (unpaired) electrons. The van der Waals surface area contributed by atoms with Gasteiger partial charge in [-0.15, -0.1) is 11.8 Å². The maximum atomic E-state index is 14.2. The minimum atomic E-state index is -4.58. The number of nitrogens with zero attached hydrogens (tertiary/aromatic N) is 9. The van der Waals surface area contributed by atoms with Crippen molar-refractivity contribution >= 4 is 46.9 Å². The smallest absolute Gasteiger partial charge is 0.407 e. The zero-order chi connectivity index (χ0) is 39.8. The maximum Gasteiger partial charge on any atom is 0.475 e. The van der Waals surface area contributed by atoms with Gasteiger partial charge in [0.25, 0.3) is 0 Å². The van der Waals surface area contributed by atoms with Crippen LogP contribution in [0.3, 0.4) is 0 Å². The van der Waals surface area contributed by atoms with Crippen LogP contribution in [-0.2, 0) is 45.4 Å². The molecule has 54 heavy (non-hydrogen) atoms. The molecule has 23 heteroatoms. The first kappa shape index (κ1) is 45.1. The number of fused-ring (bicyclic) bond motifs is 1. The molecule has 0 N–H and O–H groups in total. The Bertz CT molecular complexity index is 1820. The number of hydrogen-bond donors (Lipinski definition) is 0. The van der Waals surface area contributed by atoms with Gasteiger partial charge in [-0.05, 0) is 18.1 Å². The molecule has 0 amide bonds. The normalized spacial score (nSPS) is 19.1. The van der Waals surface area contributed by atoms with Crippen LogP contribution in [0.25, 0.3) is 11.2 Å². The molecule has 0 spiro atoms. The molecule has 3 rings (SSSR count). The quantitative estimate of drug-likeness (QED) is 0.0382. The van der Waals surface area contributed by atoms with E-state index >= 15 is 0 Å². The molecule has 292 valence electrons. The number of hydrogen-bond acceptors (Lipinski definition) is 19. The highest BCUT2D eigenvalue weighted by atomic mass is 32.2. The van der Waals surface area contributed by atoms with E-state index in [4.69, 9.17) is 62.6 Å². The molecule has 1 fully saturated rings. The molecule has 2 aromatic heterocycles. The molecule has 0 bridgehead atoms. The number of ether oxygens (including phenoxy) is 1. The van der Waals surface area contributed by atoms with Gasteiger partial charge in [0.05, 0.1) is 95.4 Å². The molecule has 0 aliphatic carbocycles. The summed E-state index contributed by atoms with van der Waals surface area (Å²) >= 11 is 1.33. The van der Waals surface area contributed by atoms with Gasteiger partial charge in [0.15, 0.2) is 20.2 Å². The summed E-state index contributed by atoms with van der Waals surface area (Å²) in [6.07, 6.45) is -2.37. The minimum absolute atomic E-state index is 0.138. The van der Waals surface area contributed by atoms with Crippen LogP contribution in [0.2, 0.25) is 18.1 Å². The molecule has 1 aliphatic heterocycles. The monoisotopic (exact) mass is 823 g/mol. The zero-order valence-corrected chi connectivity index (χ0v) is 34.3. The van der Waals surface area contributed by atoms with Crippen LogP contribution < -0.4 is 0 Å². The van der Waals surface area contributed by atoms with E-state index in [-0.39, 0.29) is 63.6 Å². The molecule has 3 heterocycles. The fourth-order valence-corrected chi connectivity index (χ4v) is 9.12. The Hall–Kier alpha value is -3.29. The number of nitriles is 5. The van der Waals surface area contributed by atoms with Crippen molar-refractivity contribution in [3.63, 3.8) is 0 Å². The Morgan fingerprint density at radius 1 is 0.796 bits per heavy atom. The van der Waals surface area contributed by atoms with Crippen LogP contribution in [0.5, 0.6) is 0 Å². The minimum Gasteiger partial charge on any atom is -0.407 e. The summed E-state index contributed by atoms with van der Waals surface area (Å²) in [7, 11) is -11.8. The molecule has 1 saturated heterocycles. The van der Waals surface area contributed by atoms with E-state index in [1.807, 2.05) is 58.1 Å². The topological polar surface area (TPSA) is 271 Å². The second-order valence-corrected chi connectivity index (χ2v) is 22.0. The number of phosphoric acid groups is 2. The average Bonchev–Trinajstić information content (AvgIpc) is 3.69. The van der Waals surface area contributed by atoms with Gasteiger partial charge in [-0.3, -0.25) is 31.7 Å². The van der Waals surface area contributed by atoms with Gasteiger partial charge in [-0.1, -0.05) is 20.8 Å². The van der Waals surface area contributed by atoms with Crippen LogP contribution in [0.15, 0.2) is 17.7 Å². The summed E-state index contributed by atoms with van der Waals surface area (Å²) in [6, 6.07) is 9.63. The summed E-state index contributed by atoms with van der Waals surface area (Å²) in [6.45, 7) is 8.13. The van der Waals surface area contributed by atoms with Crippen molar-refractivity contribution in [3.05, 3.63) is 12.7 Å². The predicted octanol–water partition coefficient (Wildman–Crippen LogP) is 6.46. The van der Waals surface area contributed by atoms with Gasteiger partial charge in [0.1, 0.15) is 35.2 Å². The second kappa shape index (κ2) is 21.1. The largest absolute Gasteiger partial charge is 0.475 e. The van der Waals surface area contributed by atoms with Crippen LogP contribution in [0.1, 0.15) is 59.1 Å². The van der Waals surface area contributed by atoms with E-state index < -0.39 is 55.1 Å². The van der Waals surface area contributed by atoms with Crippen LogP contribution in [0.4, 0.5) is 0 Å². The van der Waals surface area contributed by atoms with E-state index in [2.05, 4.69) is 21.0 Å². The molecule has 2 aromatic rings. The van der Waals surface area contributed by atoms with Crippen molar-refractivity contribution in [1.29, 1.82) is 26.3 Å². The fourth-order valence-electron chi connectivity index (χ4n) is 4.49. The Labute approximate surface area is 319 Å². The number of phosphoric ester groups is 2. The van der Waals surface area contributed by atoms with Crippen molar-refractivity contribution in [3.8, 4) is 30.3 Å². The first-order valence-electron chi connectivity index (χ1n) is 16.8. The Balaban J connectivity index is 2.18. The average molecular weight is 824 g/mol. The number of aromatic nitrogens is 4. The van der Waals surface area contributed by atoms with E-state index in [1.54, 1.807) is 4.57 Å². The standard InChI is InChI=1S/C31H43N9O10P2SSi/c1-31(2,3)54(4,5)50-27-26(49-52(42,45-18-8-13-34)46-19-9-14-35)24(21-47-51(41,43-16-6-11-32)44-17-7-12-33)48-30(27)40-23-39-25-28(40)37-22-38-29(25)53-20-10-15-36/h22-24,26-27,30H,6-10,16-21H2,1-5H3/t24-,26-,27-,30-/m1/s1. The van der Waals surface area contributed by atoms with Crippen molar-refractivity contribution in [2.24, 2.45) is 0 Å². The molecular weight excluding hydrogens is 780 g/mol. The van der Waals surface area contributed by atoms with Crippen molar-refractivity contribution in [2.45, 2.75) is 101 Å². The highest BCUT2D eigenvalue weighted by Gasteiger charge is 2.55. The summed E-state index contributed by atoms with van der Waals surface area (Å²) in [4.78, 5) is 13.3. The Morgan fingerprint density at radius 3 is 1.85 bits per heavy atom. The molecule has 0 unspecified atom stereocenters. The SMILES string of the molecule is CC(C)(C)[Si](C)(C)O[C@@H]1[C@H](OP(=O)(OCCC#N)OCCC#N)[C@@H](COP(=O)(OCCC#N)OCCC#N)O[C@H]1n1cnc2c(SCCC#N)ncnc21. The van der Waals surface area contributed by atoms with Gasteiger partial charge in [0.2, 0.25) is 0 Å². The third-order valence-corrected chi connectivity index (χ3v) is 16.5. The first-order valence-corrected chi connectivity index (χ1v) is 23.6. The molecule has 0 saturated carbocycles. The second-order valence-electron chi connectivity index (χ2n) is 12.9. The van der Waals surface area contributed by atoms with Gasteiger partial charge >= 0.3 is 15.6 Å². The summed E-state index contributed by atoms with van der Waals surface area (Å²) < 4.78 is 76.7. The molecule has 19 nitrogen and oxygen atoms in total. The highest BCUT2D eigenvalue weighted by Crippen LogP contribution is 2.56. The summed E-state index contributed by atoms with van der Waals surface area (Å²) in [5.74, 6) is 0.460. The number of imidazole rings is 1. The van der Waals surface area contributed by atoms with Crippen molar-refractivity contribution < 1.29 is 45.4 Å². The lowest BCUT2D eigenvalue weighted by atomic mass is 10.1. The van der Waals surface area contributed by atoms with Crippen LogP contribution in [0, 0.1) is 56.7 Å². The molecular formula is C31H43N9O10P2SSi. The third kappa shape index (κ3) is 12.6. The van der Waals surface area contributed by atoms with Crippen LogP contribution in [-0.4, -0.2) is 84.9 Å². The first-order chi connectivity index (χ1) is 25.7. The van der Waals surface area contributed by atoms with Crippen molar-refractivity contribution in [1.82, 2.24) is 19.5 Å². The van der Waals surface area contributed by atoms with E-state index in [0.29, 0.717) is 21.9 Å². The lowest BCUT2D eigenvalue weighted by molar-refractivity contribution is -0.0518. The Kier molecular flexibility index (Phi) is 17.6. The zero-order valence-electron chi connectivity index (χ0n) is 30.7. The van der Waals surface area contributed by atoms with Gasteiger partial charge < -0.3 is 9.16 Å². The fraction of sp³-hybridized carbons (Fsp3) is 0.677. The number of rotatable bonds is 23. The highest BCUT2D eigenvalue weighted by molar-refractivity contribution is 7.99. The molecule has 1 aliphatic rings. The van der Waals surface area contributed by atoms with E-state index in [1.165, 1.54) is 24.4 Å². The van der Waals surface area contributed by atoms with Gasteiger partial charge in [0, 0.05) is 12.2 Å². The lowest BCUT2D eigenvalue weighted by Gasteiger charge is -2.40. The van der Waals surface area contributed by atoms with E-state index in [0.717, 1.165) is 0 Å². The number of thioether (sulfide) groups is 1. The Morgan fingerprint density at radius 2 is 1.33 bits per heavy atom. The van der Waals surface area contributed by atoms with Crippen molar-refractivity contribution in [2.75, 3.05) is 38.8 Å². The maximum absolute atomic E-state index is 14.2. The predicted molar refractivity (Wildman–Crippen MR) is 193 cm³/mol. The summed E-state index contributed by atoms with van der Waals surface area (Å²) in [5.41, 5.74) is 0.751. The summed E-state index contributed by atoms with van der Waals surface area (Å²) in [5, 5.41) is 45.5. The third-order valence-electron chi connectivity index (χ3n) is 8.08. The van der Waals surface area contributed by atoms with Gasteiger partial charge in [-0.2, -0.15) is 26.3 Å². The molecule has 0 aromatic carbocycles. The van der Waals surface area contributed by atoms with Crippen LogP contribution >= 0.6 is 27.4 Å². The van der Waals surface area contributed by atoms with Gasteiger partial charge in [-0.25, -0.2) is 24.1 Å².